The second-order valence-electron chi connectivity index (χ2n) is 6.76. The van der Waals surface area contributed by atoms with Crippen LogP contribution in [0, 0.1) is 0 Å². The zero-order chi connectivity index (χ0) is 18.6. The highest BCUT2D eigenvalue weighted by molar-refractivity contribution is 6.03. The molecule has 6 heteroatoms. The molecule has 138 valence electrons. The first-order valence-electron chi connectivity index (χ1n) is 9.27. The van der Waals surface area contributed by atoms with Gasteiger partial charge < -0.3 is 10.2 Å². The van der Waals surface area contributed by atoms with E-state index < -0.39 is 0 Å². The summed E-state index contributed by atoms with van der Waals surface area (Å²) in [6.45, 7) is 5.21. The SMILES string of the molecule is CC(C(=O)Nc1cccc2ccccc12)N1CCN(c2ncccn2)CC1. The summed E-state index contributed by atoms with van der Waals surface area (Å²) in [5, 5.41) is 5.29. The Morgan fingerprint density at radius 1 is 0.963 bits per heavy atom. The first kappa shape index (κ1) is 17.4. The fourth-order valence-corrected chi connectivity index (χ4v) is 3.50. The lowest BCUT2D eigenvalue weighted by Gasteiger charge is -2.37. The molecule has 1 fully saturated rings. The second kappa shape index (κ2) is 7.72. The molecule has 0 bridgehead atoms. The molecular formula is C21H23N5O. The largest absolute Gasteiger partial charge is 0.338 e. The van der Waals surface area contributed by atoms with Gasteiger partial charge in [0.25, 0.3) is 0 Å². The third-order valence-electron chi connectivity index (χ3n) is 5.12. The van der Waals surface area contributed by atoms with Crippen molar-refractivity contribution >= 4 is 28.3 Å². The average Bonchev–Trinajstić information content (AvgIpc) is 2.74. The summed E-state index contributed by atoms with van der Waals surface area (Å²) in [4.78, 5) is 25.8. The van der Waals surface area contributed by atoms with Crippen molar-refractivity contribution in [3.8, 4) is 0 Å². The maximum Gasteiger partial charge on any atom is 0.241 e. The normalized spacial score (nSPS) is 16.3. The minimum atomic E-state index is -0.192. The van der Waals surface area contributed by atoms with Crippen molar-refractivity contribution < 1.29 is 4.79 Å². The number of benzene rings is 2. The third kappa shape index (κ3) is 3.75. The number of aromatic nitrogens is 2. The predicted molar refractivity (Wildman–Crippen MR) is 108 cm³/mol. The molecule has 6 nitrogen and oxygen atoms in total. The van der Waals surface area contributed by atoms with E-state index in [0.717, 1.165) is 48.6 Å². The Bertz CT molecular complexity index is 917. The van der Waals surface area contributed by atoms with Crippen LogP contribution in [-0.4, -0.2) is 53.0 Å². The second-order valence-corrected chi connectivity index (χ2v) is 6.76. The summed E-state index contributed by atoms with van der Waals surface area (Å²) >= 11 is 0. The summed E-state index contributed by atoms with van der Waals surface area (Å²) in [6, 6.07) is 15.7. The van der Waals surface area contributed by atoms with Gasteiger partial charge in [-0.2, -0.15) is 0 Å². The maximum atomic E-state index is 12.8. The Morgan fingerprint density at radius 3 is 2.44 bits per heavy atom. The Kier molecular flexibility index (Phi) is 4.98. The Morgan fingerprint density at radius 2 is 1.67 bits per heavy atom. The highest BCUT2D eigenvalue weighted by Gasteiger charge is 2.26. The lowest BCUT2D eigenvalue weighted by molar-refractivity contribution is -0.120. The van der Waals surface area contributed by atoms with Crippen molar-refractivity contribution in [3.63, 3.8) is 0 Å². The maximum absolute atomic E-state index is 12.8. The summed E-state index contributed by atoms with van der Waals surface area (Å²) in [6.07, 6.45) is 3.52. The monoisotopic (exact) mass is 361 g/mol. The smallest absolute Gasteiger partial charge is 0.241 e. The molecule has 2 heterocycles. The Hall–Kier alpha value is -2.99. The first-order valence-corrected chi connectivity index (χ1v) is 9.27. The van der Waals surface area contributed by atoms with Gasteiger partial charge in [0.2, 0.25) is 11.9 Å². The highest BCUT2D eigenvalue weighted by Crippen LogP contribution is 2.23. The fraction of sp³-hybridized carbons (Fsp3) is 0.286. The number of carbonyl (C=O) groups is 1. The van der Waals surface area contributed by atoms with Crippen molar-refractivity contribution in [1.29, 1.82) is 0 Å². The molecule has 1 atom stereocenters. The highest BCUT2D eigenvalue weighted by atomic mass is 16.2. The van der Waals surface area contributed by atoms with Crippen LogP contribution in [0.25, 0.3) is 10.8 Å². The van der Waals surface area contributed by atoms with E-state index in [9.17, 15) is 4.79 Å². The van der Waals surface area contributed by atoms with E-state index in [2.05, 4.69) is 37.2 Å². The number of anilines is 2. The van der Waals surface area contributed by atoms with Crippen LogP contribution in [0.1, 0.15) is 6.92 Å². The molecule has 27 heavy (non-hydrogen) atoms. The van der Waals surface area contributed by atoms with Gasteiger partial charge in [-0.15, -0.1) is 0 Å². The summed E-state index contributed by atoms with van der Waals surface area (Å²) in [7, 11) is 0. The molecule has 2 aromatic carbocycles. The summed E-state index contributed by atoms with van der Waals surface area (Å²) in [5.74, 6) is 0.778. The standard InChI is InChI=1S/C21H23N5O/c1-16(25-12-14-26(15-13-25)21-22-10-5-11-23-21)20(27)24-19-9-4-7-17-6-2-3-8-18(17)19/h2-11,16H,12-15H2,1H3,(H,24,27). The number of fused-ring (bicyclic) bond motifs is 1. The number of carbonyl (C=O) groups excluding carboxylic acids is 1. The molecule has 1 unspecified atom stereocenters. The minimum Gasteiger partial charge on any atom is -0.338 e. The first-order chi connectivity index (χ1) is 13.2. The number of piperazine rings is 1. The van der Waals surface area contributed by atoms with Crippen LogP contribution in [0.15, 0.2) is 60.9 Å². The average molecular weight is 361 g/mol. The molecule has 1 aliphatic rings. The molecule has 3 aromatic rings. The number of nitrogens with zero attached hydrogens (tertiary/aromatic N) is 4. The van der Waals surface area contributed by atoms with Crippen molar-refractivity contribution in [2.75, 3.05) is 36.4 Å². The van der Waals surface area contributed by atoms with E-state index in [4.69, 9.17) is 0 Å². The third-order valence-corrected chi connectivity index (χ3v) is 5.12. The van der Waals surface area contributed by atoms with Crippen LogP contribution < -0.4 is 10.2 Å². The molecule has 0 spiro atoms. The van der Waals surface area contributed by atoms with Crippen molar-refractivity contribution in [2.45, 2.75) is 13.0 Å². The molecule has 1 saturated heterocycles. The van der Waals surface area contributed by atoms with Crippen LogP contribution >= 0.6 is 0 Å². The van der Waals surface area contributed by atoms with Gasteiger partial charge in [0, 0.05) is 49.6 Å². The van der Waals surface area contributed by atoms with Crippen LogP contribution in [0.5, 0.6) is 0 Å². The van der Waals surface area contributed by atoms with E-state index in [1.165, 1.54) is 0 Å². The molecule has 1 N–H and O–H groups in total. The molecule has 0 radical (unpaired) electrons. The van der Waals surface area contributed by atoms with Gasteiger partial charge in [-0.25, -0.2) is 9.97 Å². The molecular weight excluding hydrogens is 338 g/mol. The van der Waals surface area contributed by atoms with Gasteiger partial charge in [-0.05, 0) is 24.4 Å². The zero-order valence-electron chi connectivity index (χ0n) is 15.4. The molecule has 1 amide bonds. The van der Waals surface area contributed by atoms with E-state index in [1.54, 1.807) is 12.4 Å². The molecule has 0 aliphatic carbocycles. The van der Waals surface area contributed by atoms with Crippen molar-refractivity contribution in [2.24, 2.45) is 0 Å². The molecule has 1 aliphatic heterocycles. The van der Waals surface area contributed by atoms with Crippen molar-refractivity contribution in [3.05, 3.63) is 60.9 Å². The van der Waals surface area contributed by atoms with Gasteiger partial charge in [0.15, 0.2) is 0 Å². The van der Waals surface area contributed by atoms with E-state index >= 15 is 0 Å². The van der Waals surface area contributed by atoms with E-state index in [-0.39, 0.29) is 11.9 Å². The number of nitrogens with one attached hydrogen (secondary N) is 1. The van der Waals surface area contributed by atoms with E-state index in [0.29, 0.717) is 0 Å². The number of hydrogen-bond acceptors (Lipinski definition) is 5. The van der Waals surface area contributed by atoms with Crippen LogP contribution in [0.4, 0.5) is 11.6 Å². The zero-order valence-corrected chi connectivity index (χ0v) is 15.4. The quantitative estimate of drug-likeness (QED) is 0.774. The minimum absolute atomic E-state index is 0.0239. The van der Waals surface area contributed by atoms with Crippen molar-refractivity contribution in [1.82, 2.24) is 14.9 Å². The number of rotatable bonds is 4. The lowest BCUT2D eigenvalue weighted by Crippen LogP contribution is -2.53. The molecule has 1 aromatic heterocycles. The summed E-state index contributed by atoms with van der Waals surface area (Å²) in [5.41, 5.74) is 0.862. The number of hydrogen-bond donors (Lipinski definition) is 1. The number of amides is 1. The van der Waals surface area contributed by atoms with Gasteiger partial charge in [0.05, 0.1) is 6.04 Å². The molecule has 0 saturated carbocycles. The Labute approximate surface area is 158 Å². The Balaban J connectivity index is 1.40. The van der Waals surface area contributed by atoms with Crippen LogP contribution in [0.3, 0.4) is 0 Å². The topological polar surface area (TPSA) is 61.4 Å². The summed E-state index contributed by atoms with van der Waals surface area (Å²) < 4.78 is 0. The predicted octanol–water partition coefficient (Wildman–Crippen LogP) is 2.78. The van der Waals surface area contributed by atoms with E-state index in [1.807, 2.05) is 43.3 Å². The van der Waals surface area contributed by atoms with Crippen LogP contribution in [-0.2, 0) is 4.79 Å². The van der Waals surface area contributed by atoms with Gasteiger partial charge in [0.1, 0.15) is 0 Å². The lowest BCUT2D eigenvalue weighted by atomic mass is 10.1. The van der Waals surface area contributed by atoms with Crippen LogP contribution in [0.2, 0.25) is 0 Å². The van der Waals surface area contributed by atoms with Gasteiger partial charge in [-0.3, -0.25) is 9.69 Å². The van der Waals surface area contributed by atoms with Gasteiger partial charge in [-0.1, -0.05) is 36.4 Å². The fourth-order valence-electron chi connectivity index (χ4n) is 3.50. The van der Waals surface area contributed by atoms with Gasteiger partial charge >= 0.3 is 0 Å². The molecule has 4 rings (SSSR count).